The smallest absolute Gasteiger partial charge is 0.404 e. The van der Waals surface area contributed by atoms with Crippen LogP contribution >= 0.6 is 0 Å². The zero-order valence-electron chi connectivity index (χ0n) is 27.4. The van der Waals surface area contributed by atoms with Gasteiger partial charge in [0.05, 0.1) is 6.10 Å². The zero-order valence-corrected chi connectivity index (χ0v) is 27.4. The van der Waals surface area contributed by atoms with E-state index in [0.29, 0.717) is 6.42 Å². The maximum absolute atomic E-state index is 12.9. The number of rotatable bonds is 5. The van der Waals surface area contributed by atoms with E-state index in [1.165, 1.54) is 13.0 Å². The molecule has 44 heavy (non-hydrogen) atoms. The van der Waals surface area contributed by atoms with E-state index in [0.717, 1.165) is 23.1 Å². The third kappa shape index (κ3) is 9.18. The Hall–Kier alpha value is -3.65. The van der Waals surface area contributed by atoms with E-state index in [1.807, 2.05) is 39.8 Å². The van der Waals surface area contributed by atoms with Crippen LogP contribution in [0.25, 0.3) is 0 Å². The minimum absolute atomic E-state index is 0.00372. The van der Waals surface area contributed by atoms with Gasteiger partial charge in [-0.05, 0) is 51.0 Å². The summed E-state index contributed by atoms with van der Waals surface area (Å²) in [4.78, 5) is 36.2. The number of ether oxygens (including phenoxy) is 3. The van der Waals surface area contributed by atoms with Crippen LogP contribution in [0.15, 0.2) is 83.6 Å². The Kier molecular flexibility index (Phi) is 12.2. The average Bonchev–Trinajstić information content (AvgIpc) is 2.93. The molecular weight excluding hydrogens is 556 g/mol. The molecule has 2 amide bonds. The number of carbonyl (C=O) groups is 3. The highest BCUT2D eigenvalue weighted by atomic mass is 16.6. The Morgan fingerprint density at radius 3 is 2.50 bits per heavy atom. The lowest BCUT2D eigenvalue weighted by atomic mass is 9.55. The van der Waals surface area contributed by atoms with Crippen LogP contribution in [-0.4, -0.2) is 49.4 Å². The first-order valence-corrected chi connectivity index (χ1v) is 15.5. The zero-order chi connectivity index (χ0) is 32.6. The molecule has 0 aromatic carbocycles. The van der Waals surface area contributed by atoms with Gasteiger partial charge in [-0.15, -0.1) is 0 Å². The number of primary amides is 1. The van der Waals surface area contributed by atoms with Gasteiger partial charge in [0.15, 0.2) is 0 Å². The van der Waals surface area contributed by atoms with Crippen molar-refractivity contribution in [2.75, 3.05) is 7.11 Å². The number of fused-ring (bicyclic) bond motifs is 3. The van der Waals surface area contributed by atoms with Gasteiger partial charge in [0.1, 0.15) is 12.2 Å². The summed E-state index contributed by atoms with van der Waals surface area (Å²) in [7, 11) is 1.70. The van der Waals surface area contributed by atoms with Gasteiger partial charge in [0, 0.05) is 50.3 Å². The molecule has 1 heterocycles. The predicted molar refractivity (Wildman–Crippen MR) is 173 cm³/mol. The maximum Gasteiger partial charge on any atom is 0.404 e. The molecule has 1 aliphatic heterocycles. The van der Waals surface area contributed by atoms with E-state index >= 15 is 0 Å². The Morgan fingerprint density at radius 1 is 1.11 bits per heavy atom. The van der Waals surface area contributed by atoms with Crippen molar-refractivity contribution < 1.29 is 28.6 Å². The number of amides is 2. The second-order valence-electron chi connectivity index (χ2n) is 12.8. The van der Waals surface area contributed by atoms with E-state index in [1.54, 1.807) is 13.2 Å². The molecule has 3 N–H and O–H groups in total. The molecule has 3 rings (SSSR count). The number of hydrogen-bond acceptors (Lipinski definition) is 6. The first-order chi connectivity index (χ1) is 20.7. The fourth-order valence-electron chi connectivity index (χ4n) is 6.80. The second-order valence-corrected chi connectivity index (χ2v) is 12.8. The van der Waals surface area contributed by atoms with Crippen LogP contribution in [0.4, 0.5) is 4.79 Å². The highest BCUT2D eigenvalue weighted by Crippen LogP contribution is 2.53. The molecule has 2 aliphatic carbocycles. The molecule has 0 saturated heterocycles. The Bertz CT molecular complexity index is 1290. The number of cyclic esters (lactones) is 1. The number of nitrogens with two attached hydrogens (primary N) is 1. The van der Waals surface area contributed by atoms with Crippen molar-refractivity contribution in [2.24, 2.45) is 34.8 Å². The lowest BCUT2D eigenvalue weighted by Crippen LogP contribution is -2.50. The third-order valence-electron chi connectivity index (χ3n) is 9.08. The van der Waals surface area contributed by atoms with Crippen LogP contribution in [0.1, 0.15) is 61.3 Å². The molecule has 0 aromatic rings. The van der Waals surface area contributed by atoms with Crippen LogP contribution in [0.2, 0.25) is 0 Å². The summed E-state index contributed by atoms with van der Waals surface area (Å²) in [6.45, 7) is 13.6. The average molecular weight is 607 g/mol. The van der Waals surface area contributed by atoms with Crippen LogP contribution < -0.4 is 11.1 Å². The summed E-state index contributed by atoms with van der Waals surface area (Å²) in [5, 5.41) is 2.86. The number of nitrogens with one attached hydrogen (secondary N) is 1. The minimum atomic E-state index is -0.772. The van der Waals surface area contributed by atoms with Crippen molar-refractivity contribution in [2.45, 2.75) is 85.7 Å². The van der Waals surface area contributed by atoms with Gasteiger partial charge < -0.3 is 25.3 Å². The molecule has 9 atom stereocenters. The Labute approximate surface area is 262 Å². The van der Waals surface area contributed by atoms with E-state index in [4.69, 9.17) is 19.9 Å². The van der Waals surface area contributed by atoms with Gasteiger partial charge in [-0.25, -0.2) is 9.59 Å². The largest absolute Gasteiger partial charge is 0.454 e. The molecule has 240 valence electrons. The fraction of sp³-hybridized carbons (Fsp3) is 0.528. The number of hydrogen-bond donors (Lipinski definition) is 2. The minimum Gasteiger partial charge on any atom is -0.454 e. The molecule has 0 radical (unpaired) electrons. The van der Waals surface area contributed by atoms with Crippen molar-refractivity contribution in [3.8, 4) is 0 Å². The van der Waals surface area contributed by atoms with E-state index in [2.05, 4.69) is 61.7 Å². The summed E-state index contributed by atoms with van der Waals surface area (Å²) in [6, 6.07) is -0.206. The van der Waals surface area contributed by atoms with Crippen molar-refractivity contribution >= 4 is 18.0 Å². The molecular formula is C36H50N2O6. The summed E-state index contributed by atoms with van der Waals surface area (Å²) in [6.07, 6.45) is 21.8. The Morgan fingerprint density at radius 2 is 1.84 bits per heavy atom. The van der Waals surface area contributed by atoms with Crippen molar-refractivity contribution in [1.29, 1.82) is 0 Å². The fourth-order valence-corrected chi connectivity index (χ4v) is 6.80. The number of esters is 1. The van der Waals surface area contributed by atoms with Crippen LogP contribution in [-0.2, 0) is 23.8 Å². The topological polar surface area (TPSA) is 117 Å². The predicted octanol–water partition coefficient (Wildman–Crippen LogP) is 6.28. The highest BCUT2D eigenvalue weighted by molar-refractivity contribution is 5.82. The first-order valence-electron chi connectivity index (χ1n) is 15.5. The van der Waals surface area contributed by atoms with Crippen LogP contribution in [0.3, 0.4) is 0 Å². The monoisotopic (exact) mass is 606 g/mol. The number of allylic oxidation sites excluding steroid dienone is 9. The standard InChI is InChI=1S/C36H50N2O6/c1-22-10-9-11-33(40)44-34(25(4)19-26(5)38-27(6)39)24(3)13-12-23(2)18-28-14-15-30-31(36(28,7)17-16-22)20-29(42-8)21-32(30)43-35(37)41/h9-19,24,26,28-32,34H,20-21H2,1-8H3,(H2,37,41)(H,38,39)/b11-9-,13-12-,17-16-,22-10-,23-18-,25-19+. The highest BCUT2D eigenvalue weighted by Gasteiger charge is 2.50. The lowest BCUT2D eigenvalue weighted by Gasteiger charge is -2.51. The summed E-state index contributed by atoms with van der Waals surface area (Å²) in [5.74, 6) is -0.501. The summed E-state index contributed by atoms with van der Waals surface area (Å²) >= 11 is 0. The molecule has 0 aromatic heterocycles. The summed E-state index contributed by atoms with van der Waals surface area (Å²) < 4.78 is 17.4. The first kappa shape index (κ1) is 34.8. The van der Waals surface area contributed by atoms with Crippen molar-refractivity contribution in [1.82, 2.24) is 5.32 Å². The molecule has 8 nitrogen and oxygen atoms in total. The molecule has 0 bridgehead atoms. The van der Waals surface area contributed by atoms with Crippen LogP contribution in [0.5, 0.6) is 0 Å². The molecule has 1 fully saturated rings. The van der Waals surface area contributed by atoms with Gasteiger partial charge in [-0.3, -0.25) is 4.79 Å². The SMILES string of the molecule is COC1CC(OC(N)=O)C2C=CC3/C=C(C)\C=C/C(C)C(/C(C)=C/C(C)NC(C)=O)OC(=O)\C=C/C=C(C)\C=C/C3(C)C2C1. The number of methoxy groups -OCH3 is 1. The van der Waals surface area contributed by atoms with Gasteiger partial charge in [-0.2, -0.15) is 0 Å². The molecule has 9 unspecified atom stereocenters. The van der Waals surface area contributed by atoms with E-state index < -0.39 is 18.2 Å². The quantitative estimate of drug-likeness (QED) is 0.281. The lowest BCUT2D eigenvalue weighted by molar-refractivity contribution is -0.142. The van der Waals surface area contributed by atoms with Gasteiger partial charge >= 0.3 is 12.1 Å². The van der Waals surface area contributed by atoms with Crippen molar-refractivity contribution in [3.05, 3.63) is 83.6 Å². The molecule has 1 saturated carbocycles. The normalized spacial score (nSPS) is 38.2. The molecule has 8 heteroatoms. The van der Waals surface area contributed by atoms with Crippen molar-refractivity contribution in [3.63, 3.8) is 0 Å². The number of carbonyl (C=O) groups excluding carboxylic acids is 3. The van der Waals surface area contributed by atoms with Gasteiger partial charge in [-0.1, -0.05) is 85.8 Å². The van der Waals surface area contributed by atoms with Crippen LogP contribution in [0, 0.1) is 29.1 Å². The maximum atomic E-state index is 12.9. The van der Waals surface area contributed by atoms with Gasteiger partial charge in [0.25, 0.3) is 0 Å². The third-order valence-corrected chi connectivity index (χ3v) is 9.08. The molecule has 3 aliphatic rings. The molecule has 0 spiro atoms. The van der Waals surface area contributed by atoms with E-state index in [9.17, 15) is 14.4 Å². The van der Waals surface area contributed by atoms with E-state index in [-0.39, 0.29) is 53.2 Å². The Balaban J connectivity index is 2.07. The summed E-state index contributed by atoms with van der Waals surface area (Å²) in [5.41, 5.74) is 8.05. The van der Waals surface area contributed by atoms with Gasteiger partial charge in [0.2, 0.25) is 5.91 Å². The second kappa shape index (κ2) is 15.4.